The molecule has 1 unspecified atom stereocenters. The molecule has 0 heterocycles. The van der Waals surface area contributed by atoms with Gasteiger partial charge in [0.1, 0.15) is 0 Å². The van der Waals surface area contributed by atoms with Crippen LogP contribution in [0.15, 0.2) is 48.5 Å². The molecule has 0 saturated heterocycles. The van der Waals surface area contributed by atoms with E-state index in [4.69, 9.17) is 0 Å². The van der Waals surface area contributed by atoms with Gasteiger partial charge in [0.25, 0.3) is 0 Å². The molecule has 0 fully saturated rings. The maximum Gasteiger partial charge on any atom is -0.0184 e. The topological polar surface area (TPSA) is 0 Å². The van der Waals surface area contributed by atoms with Crippen molar-refractivity contribution >= 4 is 10.8 Å². The predicted octanol–water partition coefficient (Wildman–Crippen LogP) is 6.94. The van der Waals surface area contributed by atoms with Crippen LogP contribution in [0.1, 0.15) is 54.9 Å². The molecule has 0 saturated carbocycles. The molecule has 0 aliphatic rings. The van der Waals surface area contributed by atoms with E-state index in [9.17, 15) is 0 Å². The first-order valence-corrected chi connectivity index (χ1v) is 8.03. The smallest absolute Gasteiger partial charge is 0.0184 e. The molecular weight excluding hydrogens is 252 g/mol. The summed E-state index contributed by atoms with van der Waals surface area (Å²) in [6, 6.07) is 16.7. The molecule has 0 bridgehead atoms. The first-order chi connectivity index (χ1) is 9.59. The standard InChI is InChI=1S/C11H24.C10H8/c1-9(11(5,6)7)8-10(2,3)4;1-2-6-10-8-4-3-7-9(10)5-1/h9H,8H2,1-7H3;1-8H. The van der Waals surface area contributed by atoms with Crippen LogP contribution in [0.5, 0.6) is 0 Å². The molecular formula is C21H32. The van der Waals surface area contributed by atoms with Crippen molar-refractivity contribution in [3.63, 3.8) is 0 Å². The van der Waals surface area contributed by atoms with Crippen LogP contribution in [0.2, 0.25) is 0 Å². The van der Waals surface area contributed by atoms with E-state index in [-0.39, 0.29) is 0 Å². The molecule has 0 amide bonds. The van der Waals surface area contributed by atoms with Gasteiger partial charge in [-0.05, 0) is 33.9 Å². The van der Waals surface area contributed by atoms with Gasteiger partial charge in [-0.1, -0.05) is 97.0 Å². The van der Waals surface area contributed by atoms with Gasteiger partial charge < -0.3 is 0 Å². The summed E-state index contributed by atoms with van der Waals surface area (Å²) in [4.78, 5) is 0. The third-order valence-corrected chi connectivity index (χ3v) is 4.06. The van der Waals surface area contributed by atoms with Crippen molar-refractivity contribution in [2.45, 2.75) is 54.9 Å². The van der Waals surface area contributed by atoms with Crippen molar-refractivity contribution in [2.24, 2.45) is 16.7 Å². The van der Waals surface area contributed by atoms with Gasteiger partial charge in [0.15, 0.2) is 0 Å². The Balaban J connectivity index is 0.000000210. The van der Waals surface area contributed by atoms with Crippen LogP contribution in [-0.2, 0) is 0 Å². The lowest BCUT2D eigenvalue weighted by atomic mass is 9.73. The zero-order valence-electron chi connectivity index (χ0n) is 14.9. The molecule has 21 heavy (non-hydrogen) atoms. The minimum atomic E-state index is 0.466. The van der Waals surface area contributed by atoms with E-state index in [1.807, 2.05) is 0 Å². The van der Waals surface area contributed by atoms with Crippen molar-refractivity contribution in [2.75, 3.05) is 0 Å². The predicted molar refractivity (Wildman–Crippen MR) is 96.6 cm³/mol. The van der Waals surface area contributed by atoms with Crippen LogP contribution in [0.4, 0.5) is 0 Å². The van der Waals surface area contributed by atoms with Gasteiger partial charge in [0, 0.05) is 0 Å². The van der Waals surface area contributed by atoms with Crippen LogP contribution < -0.4 is 0 Å². The van der Waals surface area contributed by atoms with Gasteiger partial charge >= 0.3 is 0 Å². The van der Waals surface area contributed by atoms with Crippen molar-refractivity contribution in [1.29, 1.82) is 0 Å². The van der Waals surface area contributed by atoms with Crippen LogP contribution >= 0.6 is 0 Å². The fraction of sp³-hybridized carbons (Fsp3) is 0.524. The monoisotopic (exact) mass is 284 g/mol. The second-order valence-corrected chi connectivity index (χ2v) is 8.38. The zero-order chi connectivity index (χ0) is 16.1. The second kappa shape index (κ2) is 7.11. The Morgan fingerprint density at radius 3 is 1.24 bits per heavy atom. The van der Waals surface area contributed by atoms with Gasteiger partial charge in [-0.15, -0.1) is 0 Å². The molecule has 0 spiro atoms. The molecule has 1 atom stereocenters. The summed E-state index contributed by atoms with van der Waals surface area (Å²) < 4.78 is 0. The number of rotatable bonds is 1. The third-order valence-electron chi connectivity index (χ3n) is 4.06. The molecule has 0 aliphatic carbocycles. The van der Waals surface area contributed by atoms with Gasteiger partial charge in [0.05, 0.1) is 0 Å². The summed E-state index contributed by atoms with van der Waals surface area (Å²) >= 11 is 0. The molecule has 2 aromatic carbocycles. The van der Waals surface area contributed by atoms with Crippen LogP contribution in [-0.4, -0.2) is 0 Å². The maximum absolute atomic E-state index is 2.35. The average molecular weight is 284 g/mol. The average Bonchev–Trinajstić information content (AvgIpc) is 2.37. The second-order valence-electron chi connectivity index (χ2n) is 8.38. The first-order valence-electron chi connectivity index (χ1n) is 8.03. The molecule has 0 radical (unpaired) electrons. The molecule has 0 N–H and O–H groups in total. The number of hydrogen-bond donors (Lipinski definition) is 0. The maximum atomic E-state index is 2.35. The van der Waals surface area contributed by atoms with Crippen molar-refractivity contribution < 1.29 is 0 Å². The first kappa shape index (κ1) is 17.8. The lowest BCUT2D eigenvalue weighted by Crippen LogP contribution is -2.22. The number of hydrogen-bond acceptors (Lipinski definition) is 0. The minimum absolute atomic E-state index is 0.466. The third kappa shape index (κ3) is 6.80. The van der Waals surface area contributed by atoms with E-state index in [1.165, 1.54) is 17.2 Å². The zero-order valence-corrected chi connectivity index (χ0v) is 14.9. The largest absolute Gasteiger partial charge is 0.0620 e. The Morgan fingerprint density at radius 1 is 0.714 bits per heavy atom. The molecule has 0 nitrogen and oxygen atoms in total. The summed E-state index contributed by atoms with van der Waals surface area (Å²) in [6.45, 7) is 16.3. The Hall–Kier alpha value is -1.30. The van der Waals surface area contributed by atoms with Gasteiger partial charge in [-0.3, -0.25) is 0 Å². The van der Waals surface area contributed by atoms with Crippen LogP contribution in [0, 0.1) is 16.7 Å². The highest BCUT2D eigenvalue weighted by Crippen LogP contribution is 2.35. The van der Waals surface area contributed by atoms with E-state index >= 15 is 0 Å². The normalized spacial score (nSPS) is 13.5. The molecule has 116 valence electrons. The fourth-order valence-corrected chi connectivity index (χ4v) is 2.36. The van der Waals surface area contributed by atoms with E-state index in [1.54, 1.807) is 0 Å². The van der Waals surface area contributed by atoms with Crippen molar-refractivity contribution in [1.82, 2.24) is 0 Å². The summed E-state index contributed by atoms with van der Waals surface area (Å²) in [5, 5.41) is 2.62. The van der Waals surface area contributed by atoms with Gasteiger partial charge in [-0.2, -0.15) is 0 Å². The highest BCUT2D eigenvalue weighted by Gasteiger charge is 2.24. The van der Waals surface area contributed by atoms with Crippen LogP contribution in [0.25, 0.3) is 10.8 Å². The Bertz CT molecular complexity index is 472. The van der Waals surface area contributed by atoms with E-state index < -0.39 is 0 Å². The number of benzene rings is 2. The summed E-state index contributed by atoms with van der Waals surface area (Å²) in [6.07, 6.45) is 1.32. The fourth-order valence-electron chi connectivity index (χ4n) is 2.36. The van der Waals surface area contributed by atoms with Gasteiger partial charge in [0.2, 0.25) is 0 Å². The lowest BCUT2D eigenvalue weighted by molar-refractivity contribution is 0.182. The Morgan fingerprint density at radius 2 is 1.05 bits per heavy atom. The molecule has 0 aliphatic heterocycles. The summed E-state index contributed by atoms with van der Waals surface area (Å²) in [5.41, 5.74) is 0.944. The summed E-state index contributed by atoms with van der Waals surface area (Å²) in [7, 11) is 0. The quantitative estimate of drug-likeness (QED) is 0.531. The SMILES string of the molecule is CC(CC(C)(C)C)C(C)(C)C.c1ccc2ccccc2c1. The highest BCUT2D eigenvalue weighted by molar-refractivity contribution is 5.81. The highest BCUT2D eigenvalue weighted by atomic mass is 14.3. The Kier molecular flexibility index (Phi) is 6.01. The molecule has 2 rings (SSSR count). The van der Waals surface area contributed by atoms with Crippen molar-refractivity contribution in [3.05, 3.63) is 48.5 Å². The minimum Gasteiger partial charge on any atom is -0.0620 e. The van der Waals surface area contributed by atoms with E-state index in [0.717, 1.165) is 5.92 Å². The van der Waals surface area contributed by atoms with Crippen LogP contribution in [0.3, 0.4) is 0 Å². The number of fused-ring (bicyclic) bond motifs is 1. The molecule has 0 heteroatoms. The van der Waals surface area contributed by atoms with Gasteiger partial charge in [-0.25, -0.2) is 0 Å². The molecule has 0 aromatic heterocycles. The van der Waals surface area contributed by atoms with Crippen molar-refractivity contribution in [3.8, 4) is 0 Å². The Labute approximate surface area is 131 Å². The van der Waals surface area contributed by atoms with E-state index in [2.05, 4.69) is 97.0 Å². The lowest BCUT2D eigenvalue weighted by Gasteiger charge is -2.32. The molecule has 2 aromatic rings. The van der Waals surface area contributed by atoms with E-state index in [0.29, 0.717) is 10.8 Å². The summed E-state index contributed by atoms with van der Waals surface area (Å²) in [5.74, 6) is 0.808.